The van der Waals surface area contributed by atoms with E-state index >= 15 is 0 Å². The van der Waals surface area contributed by atoms with Gasteiger partial charge in [-0.25, -0.2) is 9.78 Å². The van der Waals surface area contributed by atoms with Gasteiger partial charge in [-0.05, 0) is 26.2 Å². The van der Waals surface area contributed by atoms with E-state index in [1.807, 2.05) is 6.92 Å². The van der Waals surface area contributed by atoms with Crippen molar-refractivity contribution in [2.24, 2.45) is 0 Å². The number of hydrogen-bond acceptors (Lipinski definition) is 5. The lowest BCUT2D eigenvalue weighted by Crippen LogP contribution is -2.54. The minimum atomic E-state index is -0.859. The van der Waals surface area contributed by atoms with Crippen LogP contribution >= 0.6 is 0 Å². The quantitative estimate of drug-likeness (QED) is 0.820. The minimum absolute atomic E-state index is 0.00783. The summed E-state index contributed by atoms with van der Waals surface area (Å²) in [5.74, 6) is 1.21. The first-order chi connectivity index (χ1) is 10.8. The second-order valence-corrected chi connectivity index (χ2v) is 7.24. The number of nitrogen functional groups attached to an aromatic ring is 1. The summed E-state index contributed by atoms with van der Waals surface area (Å²) in [5, 5.41) is 9.23. The van der Waals surface area contributed by atoms with Crippen LogP contribution < -0.4 is 10.6 Å². The van der Waals surface area contributed by atoms with Gasteiger partial charge in [0, 0.05) is 36.7 Å². The number of nitrogens with zero attached hydrogens (tertiary/aromatic N) is 4. The summed E-state index contributed by atoms with van der Waals surface area (Å²) in [4.78, 5) is 23.9. The molecule has 1 aromatic rings. The molecule has 3 N–H and O–H groups in total. The second kappa shape index (κ2) is 5.54. The average molecular weight is 319 g/mol. The Labute approximate surface area is 136 Å². The highest BCUT2D eigenvalue weighted by Gasteiger charge is 2.35. The van der Waals surface area contributed by atoms with Gasteiger partial charge in [-0.15, -0.1) is 0 Å². The van der Waals surface area contributed by atoms with Crippen molar-refractivity contribution in [1.82, 2.24) is 14.9 Å². The van der Waals surface area contributed by atoms with Crippen LogP contribution in [0.5, 0.6) is 0 Å². The largest absolute Gasteiger partial charge is 0.465 e. The predicted molar refractivity (Wildman–Crippen MR) is 88.8 cm³/mol. The number of piperazine rings is 1. The van der Waals surface area contributed by atoms with Gasteiger partial charge >= 0.3 is 6.09 Å². The number of nitrogens with two attached hydrogens (primary N) is 1. The summed E-state index contributed by atoms with van der Waals surface area (Å²) in [6, 6.07) is -0.0651. The van der Waals surface area contributed by atoms with Crippen LogP contribution in [0.1, 0.15) is 44.9 Å². The number of aromatic nitrogens is 2. The Morgan fingerprint density at radius 1 is 1.35 bits per heavy atom. The molecule has 126 valence electrons. The zero-order valence-electron chi connectivity index (χ0n) is 14.0. The molecule has 0 radical (unpaired) electrons. The molecule has 0 saturated carbocycles. The second-order valence-electron chi connectivity index (χ2n) is 7.24. The number of amides is 1. The zero-order valence-corrected chi connectivity index (χ0v) is 14.0. The van der Waals surface area contributed by atoms with Gasteiger partial charge < -0.3 is 20.6 Å². The molecular formula is C16H25N5O2. The molecule has 1 amide bonds. The summed E-state index contributed by atoms with van der Waals surface area (Å²) in [7, 11) is 0. The summed E-state index contributed by atoms with van der Waals surface area (Å²) in [6.07, 6.45) is 2.31. The van der Waals surface area contributed by atoms with Crippen LogP contribution in [0.25, 0.3) is 0 Å². The van der Waals surface area contributed by atoms with Gasteiger partial charge in [0.15, 0.2) is 0 Å². The van der Waals surface area contributed by atoms with Crippen LogP contribution in [0.15, 0.2) is 0 Å². The van der Waals surface area contributed by atoms with Crippen molar-refractivity contribution in [3.8, 4) is 0 Å². The lowest BCUT2D eigenvalue weighted by molar-refractivity contribution is 0.122. The van der Waals surface area contributed by atoms with Crippen LogP contribution in [0.3, 0.4) is 0 Å². The van der Waals surface area contributed by atoms with Crippen molar-refractivity contribution in [2.75, 3.05) is 30.3 Å². The molecule has 1 aromatic heterocycles. The van der Waals surface area contributed by atoms with Crippen LogP contribution in [0, 0.1) is 0 Å². The number of anilines is 2. The zero-order chi connectivity index (χ0) is 16.8. The van der Waals surface area contributed by atoms with E-state index in [9.17, 15) is 9.90 Å². The summed E-state index contributed by atoms with van der Waals surface area (Å²) in [5.41, 5.74) is 8.22. The molecule has 2 heterocycles. The Morgan fingerprint density at radius 2 is 2.09 bits per heavy atom. The Hall–Kier alpha value is -2.05. The topological polar surface area (TPSA) is 95.6 Å². The van der Waals surface area contributed by atoms with E-state index in [-0.39, 0.29) is 11.5 Å². The smallest absolute Gasteiger partial charge is 0.407 e. The number of rotatable bonds is 1. The summed E-state index contributed by atoms with van der Waals surface area (Å²) < 4.78 is 0. The summed E-state index contributed by atoms with van der Waals surface area (Å²) >= 11 is 0. The van der Waals surface area contributed by atoms with Gasteiger partial charge in [0.2, 0.25) is 5.95 Å². The fraction of sp³-hybridized carbons (Fsp3) is 0.688. The molecule has 7 nitrogen and oxygen atoms in total. The molecule has 0 spiro atoms. The molecule has 1 atom stereocenters. The maximum Gasteiger partial charge on any atom is 0.407 e. The van der Waals surface area contributed by atoms with E-state index in [0.717, 1.165) is 30.8 Å². The molecule has 1 aliphatic heterocycles. The van der Waals surface area contributed by atoms with Gasteiger partial charge in [0.1, 0.15) is 5.82 Å². The lowest BCUT2D eigenvalue weighted by atomic mass is 9.76. The molecular weight excluding hydrogens is 294 g/mol. The molecule has 0 bridgehead atoms. The van der Waals surface area contributed by atoms with Crippen molar-refractivity contribution in [3.05, 3.63) is 11.3 Å². The van der Waals surface area contributed by atoms with Crippen LogP contribution in [0.4, 0.5) is 16.6 Å². The Morgan fingerprint density at radius 3 is 2.74 bits per heavy atom. The van der Waals surface area contributed by atoms with Gasteiger partial charge in [0.05, 0.1) is 5.69 Å². The standard InChI is InChI=1S/C16H25N5O2/c1-10-9-20(7-8-21(10)15(22)23)13-11-5-4-6-16(2,3)12(11)18-14(17)19-13/h10H,4-9H2,1-3H3,(H,22,23)(H2,17,18,19). The monoisotopic (exact) mass is 319 g/mol. The van der Waals surface area contributed by atoms with E-state index in [1.165, 1.54) is 10.5 Å². The van der Waals surface area contributed by atoms with E-state index in [0.29, 0.717) is 25.6 Å². The van der Waals surface area contributed by atoms with E-state index in [2.05, 4.69) is 28.7 Å². The highest BCUT2D eigenvalue weighted by atomic mass is 16.4. The molecule has 1 fully saturated rings. The maximum atomic E-state index is 11.2. The van der Waals surface area contributed by atoms with Crippen molar-refractivity contribution in [1.29, 1.82) is 0 Å². The molecule has 0 aromatic carbocycles. The van der Waals surface area contributed by atoms with Crippen molar-refractivity contribution < 1.29 is 9.90 Å². The molecule has 1 unspecified atom stereocenters. The van der Waals surface area contributed by atoms with Gasteiger partial charge in [0.25, 0.3) is 0 Å². The Bertz CT molecular complexity index is 631. The van der Waals surface area contributed by atoms with Crippen LogP contribution in [0.2, 0.25) is 0 Å². The molecule has 3 rings (SSSR count). The SMILES string of the molecule is CC1CN(c2nc(N)nc3c2CCCC3(C)C)CCN1C(=O)O. The first-order valence-corrected chi connectivity index (χ1v) is 8.21. The fourth-order valence-electron chi connectivity index (χ4n) is 3.80. The number of carboxylic acid groups (broad SMARTS) is 1. The van der Waals surface area contributed by atoms with Gasteiger partial charge in [-0.3, -0.25) is 0 Å². The minimum Gasteiger partial charge on any atom is -0.465 e. The van der Waals surface area contributed by atoms with Crippen LogP contribution in [-0.2, 0) is 11.8 Å². The third-order valence-electron chi connectivity index (χ3n) is 5.04. The number of fused-ring (bicyclic) bond motifs is 1. The molecule has 1 saturated heterocycles. The molecule has 7 heteroatoms. The molecule has 1 aliphatic carbocycles. The van der Waals surface area contributed by atoms with Crippen molar-refractivity contribution in [2.45, 2.75) is 51.5 Å². The third kappa shape index (κ3) is 2.80. The first kappa shape index (κ1) is 15.8. The third-order valence-corrected chi connectivity index (χ3v) is 5.04. The maximum absolute atomic E-state index is 11.2. The lowest BCUT2D eigenvalue weighted by Gasteiger charge is -2.41. The number of hydrogen-bond donors (Lipinski definition) is 2. The predicted octanol–water partition coefficient (Wildman–Crippen LogP) is 1.86. The number of carbonyl (C=O) groups is 1. The normalized spacial score (nSPS) is 23.5. The molecule has 2 aliphatic rings. The summed E-state index contributed by atoms with van der Waals surface area (Å²) in [6.45, 7) is 8.09. The fourth-order valence-corrected chi connectivity index (χ4v) is 3.80. The van der Waals surface area contributed by atoms with Gasteiger partial charge in [-0.1, -0.05) is 13.8 Å². The van der Waals surface area contributed by atoms with E-state index < -0.39 is 6.09 Å². The van der Waals surface area contributed by atoms with Crippen molar-refractivity contribution in [3.63, 3.8) is 0 Å². The van der Waals surface area contributed by atoms with E-state index in [4.69, 9.17) is 5.73 Å². The van der Waals surface area contributed by atoms with Gasteiger partial charge in [-0.2, -0.15) is 4.98 Å². The highest BCUT2D eigenvalue weighted by Crippen LogP contribution is 2.39. The molecule has 23 heavy (non-hydrogen) atoms. The average Bonchev–Trinajstić information content (AvgIpc) is 2.46. The van der Waals surface area contributed by atoms with E-state index in [1.54, 1.807) is 0 Å². The van der Waals surface area contributed by atoms with Crippen LogP contribution in [-0.4, -0.2) is 51.7 Å². The van der Waals surface area contributed by atoms with Crippen molar-refractivity contribution >= 4 is 17.9 Å². The highest BCUT2D eigenvalue weighted by molar-refractivity contribution is 5.66. The Kier molecular flexibility index (Phi) is 3.82. The Balaban J connectivity index is 1.95. The first-order valence-electron chi connectivity index (χ1n) is 8.21.